The van der Waals surface area contributed by atoms with Crippen molar-refractivity contribution in [1.29, 1.82) is 0 Å². The quantitative estimate of drug-likeness (QED) is 0.762. The normalized spacial score (nSPS) is 40.2. The Bertz CT molecular complexity index is 306. The third kappa shape index (κ3) is 2.00. The first kappa shape index (κ1) is 12.9. The lowest BCUT2D eigenvalue weighted by molar-refractivity contribution is -0.191. The van der Waals surface area contributed by atoms with Gasteiger partial charge in [-0.2, -0.15) is 0 Å². The molecule has 3 rings (SSSR count). The van der Waals surface area contributed by atoms with Crippen molar-refractivity contribution in [2.24, 2.45) is 11.3 Å². The minimum absolute atomic E-state index is 0.575. The number of hydrogen-bond donors (Lipinski definition) is 0. The molecule has 3 heteroatoms. The lowest BCUT2D eigenvalue weighted by Gasteiger charge is -2.56. The summed E-state index contributed by atoms with van der Waals surface area (Å²) in [7, 11) is 0. The third-order valence-electron chi connectivity index (χ3n) is 5.33. The SMILES string of the molecule is CC(C)N1[C@H](C)C[C@H](CN2CC3(COC3)C2)[C@H]1C. The van der Waals surface area contributed by atoms with Crippen LogP contribution in [0.25, 0.3) is 0 Å². The Labute approximate surface area is 111 Å². The van der Waals surface area contributed by atoms with Gasteiger partial charge in [0.25, 0.3) is 0 Å². The Hall–Kier alpha value is -0.120. The van der Waals surface area contributed by atoms with Gasteiger partial charge >= 0.3 is 0 Å². The van der Waals surface area contributed by atoms with Crippen LogP contribution in [0.2, 0.25) is 0 Å². The zero-order valence-corrected chi connectivity index (χ0v) is 12.4. The molecule has 0 saturated carbocycles. The van der Waals surface area contributed by atoms with Gasteiger partial charge in [-0.1, -0.05) is 0 Å². The highest BCUT2D eigenvalue weighted by molar-refractivity contribution is 5.01. The Morgan fingerprint density at radius 2 is 1.89 bits per heavy atom. The van der Waals surface area contributed by atoms with E-state index >= 15 is 0 Å². The van der Waals surface area contributed by atoms with Crippen molar-refractivity contribution < 1.29 is 4.74 Å². The summed E-state index contributed by atoms with van der Waals surface area (Å²) in [5.41, 5.74) is 0.575. The first-order chi connectivity index (χ1) is 8.51. The van der Waals surface area contributed by atoms with Crippen molar-refractivity contribution in [2.75, 3.05) is 32.8 Å². The molecule has 0 aromatic carbocycles. The van der Waals surface area contributed by atoms with Gasteiger partial charge in [-0.15, -0.1) is 0 Å². The van der Waals surface area contributed by atoms with E-state index in [1.165, 1.54) is 26.1 Å². The van der Waals surface area contributed by atoms with Gasteiger partial charge in [0, 0.05) is 43.2 Å². The van der Waals surface area contributed by atoms with E-state index < -0.39 is 0 Å². The van der Waals surface area contributed by atoms with Gasteiger partial charge in [-0.05, 0) is 40.0 Å². The summed E-state index contributed by atoms with van der Waals surface area (Å²) >= 11 is 0. The van der Waals surface area contributed by atoms with E-state index in [1.54, 1.807) is 0 Å². The monoisotopic (exact) mass is 252 g/mol. The smallest absolute Gasteiger partial charge is 0.0569 e. The van der Waals surface area contributed by atoms with Crippen LogP contribution in [0, 0.1) is 11.3 Å². The zero-order valence-electron chi connectivity index (χ0n) is 12.4. The number of hydrogen-bond acceptors (Lipinski definition) is 3. The molecule has 3 nitrogen and oxygen atoms in total. The molecule has 0 unspecified atom stereocenters. The Balaban J connectivity index is 1.52. The minimum Gasteiger partial charge on any atom is -0.380 e. The van der Waals surface area contributed by atoms with Crippen LogP contribution in [0.3, 0.4) is 0 Å². The highest BCUT2D eigenvalue weighted by Crippen LogP contribution is 2.40. The van der Waals surface area contributed by atoms with Crippen molar-refractivity contribution in [3.63, 3.8) is 0 Å². The first-order valence-corrected chi connectivity index (χ1v) is 7.58. The fraction of sp³-hybridized carbons (Fsp3) is 1.00. The second-order valence-electron chi connectivity index (χ2n) is 7.29. The molecule has 3 aliphatic rings. The molecule has 0 bridgehead atoms. The Morgan fingerprint density at radius 1 is 1.22 bits per heavy atom. The van der Waals surface area contributed by atoms with Crippen LogP contribution in [0.1, 0.15) is 34.1 Å². The van der Waals surface area contributed by atoms with E-state index in [-0.39, 0.29) is 0 Å². The summed E-state index contributed by atoms with van der Waals surface area (Å²) in [6.07, 6.45) is 1.37. The van der Waals surface area contributed by atoms with Crippen LogP contribution in [0.15, 0.2) is 0 Å². The standard InChI is InChI=1S/C15H28N2O/c1-11(2)17-12(3)5-14(13(17)4)6-16-7-15(8-16)9-18-10-15/h11-14H,5-10H2,1-4H3/t12-,13-,14-/m1/s1. The maximum atomic E-state index is 5.35. The van der Waals surface area contributed by atoms with E-state index in [0.717, 1.165) is 31.2 Å². The molecule has 1 spiro atoms. The molecule has 0 amide bonds. The molecular formula is C15H28N2O. The summed E-state index contributed by atoms with van der Waals surface area (Å²) in [5, 5.41) is 0. The maximum Gasteiger partial charge on any atom is 0.0569 e. The van der Waals surface area contributed by atoms with Crippen LogP contribution in [-0.4, -0.2) is 60.8 Å². The molecule has 3 heterocycles. The fourth-order valence-electron chi connectivity index (χ4n) is 4.54. The van der Waals surface area contributed by atoms with Gasteiger partial charge < -0.3 is 9.64 Å². The predicted octanol–water partition coefficient (Wildman–Crippen LogP) is 1.83. The maximum absolute atomic E-state index is 5.35. The Kier molecular flexibility index (Phi) is 3.20. The van der Waals surface area contributed by atoms with Gasteiger partial charge in [-0.3, -0.25) is 4.90 Å². The van der Waals surface area contributed by atoms with Crippen molar-refractivity contribution in [3.8, 4) is 0 Å². The second kappa shape index (κ2) is 4.46. The number of rotatable bonds is 3. The molecule has 0 radical (unpaired) electrons. The van der Waals surface area contributed by atoms with E-state index in [1.807, 2.05) is 0 Å². The zero-order chi connectivity index (χ0) is 12.9. The number of nitrogens with zero attached hydrogens (tertiary/aromatic N) is 2. The molecule has 3 atom stereocenters. The number of ether oxygens (including phenoxy) is 1. The predicted molar refractivity (Wildman–Crippen MR) is 73.7 cm³/mol. The van der Waals surface area contributed by atoms with Gasteiger partial charge in [-0.25, -0.2) is 0 Å². The highest BCUT2D eigenvalue weighted by atomic mass is 16.5. The molecule has 0 aliphatic carbocycles. The second-order valence-corrected chi connectivity index (χ2v) is 7.29. The molecule has 3 aliphatic heterocycles. The van der Waals surface area contributed by atoms with Crippen molar-refractivity contribution in [2.45, 2.75) is 52.2 Å². The summed E-state index contributed by atoms with van der Waals surface area (Å²) < 4.78 is 5.35. The van der Waals surface area contributed by atoms with Gasteiger partial charge in [0.1, 0.15) is 0 Å². The van der Waals surface area contributed by atoms with Gasteiger partial charge in [0.05, 0.1) is 13.2 Å². The lowest BCUT2D eigenvalue weighted by atomic mass is 9.77. The van der Waals surface area contributed by atoms with Crippen molar-refractivity contribution in [1.82, 2.24) is 9.80 Å². The van der Waals surface area contributed by atoms with Gasteiger partial charge in [0.15, 0.2) is 0 Å². The van der Waals surface area contributed by atoms with E-state index in [9.17, 15) is 0 Å². The molecular weight excluding hydrogens is 224 g/mol. The topological polar surface area (TPSA) is 15.7 Å². The average Bonchev–Trinajstić information content (AvgIpc) is 2.43. The van der Waals surface area contributed by atoms with Crippen molar-refractivity contribution in [3.05, 3.63) is 0 Å². The lowest BCUT2D eigenvalue weighted by Crippen LogP contribution is -2.66. The molecule has 0 aromatic heterocycles. The highest BCUT2D eigenvalue weighted by Gasteiger charge is 2.50. The average molecular weight is 252 g/mol. The van der Waals surface area contributed by atoms with Crippen molar-refractivity contribution >= 4 is 0 Å². The molecule has 104 valence electrons. The summed E-state index contributed by atoms with van der Waals surface area (Å²) in [6, 6.07) is 2.18. The molecule has 0 aromatic rings. The van der Waals surface area contributed by atoms with Crippen LogP contribution >= 0.6 is 0 Å². The fourth-order valence-corrected chi connectivity index (χ4v) is 4.54. The summed E-state index contributed by atoms with van der Waals surface area (Å²) in [4.78, 5) is 5.35. The molecule has 18 heavy (non-hydrogen) atoms. The first-order valence-electron chi connectivity index (χ1n) is 7.58. The number of likely N-dealkylation sites (tertiary alicyclic amines) is 2. The minimum atomic E-state index is 0.575. The molecule has 3 saturated heterocycles. The van der Waals surface area contributed by atoms with E-state index in [0.29, 0.717) is 11.5 Å². The summed E-state index contributed by atoms with van der Waals surface area (Å²) in [5.74, 6) is 0.862. The van der Waals surface area contributed by atoms with Crippen LogP contribution < -0.4 is 0 Å². The van der Waals surface area contributed by atoms with Crippen LogP contribution in [0.5, 0.6) is 0 Å². The third-order valence-corrected chi connectivity index (χ3v) is 5.33. The van der Waals surface area contributed by atoms with E-state index in [4.69, 9.17) is 4.74 Å². The van der Waals surface area contributed by atoms with Gasteiger partial charge in [0.2, 0.25) is 0 Å². The van der Waals surface area contributed by atoms with Crippen LogP contribution in [-0.2, 0) is 4.74 Å². The Morgan fingerprint density at radius 3 is 2.33 bits per heavy atom. The summed E-state index contributed by atoms with van der Waals surface area (Å²) in [6.45, 7) is 15.4. The molecule has 3 fully saturated rings. The largest absolute Gasteiger partial charge is 0.380 e. The van der Waals surface area contributed by atoms with Crippen LogP contribution in [0.4, 0.5) is 0 Å². The molecule has 0 N–H and O–H groups in total. The van der Waals surface area contributed by atoms with E-state index in [2.05, 4.69) is 37.5 Å².